The van der Waals surface area contributed by atoms with Gasteiger partial charge in [-0.1, -0.05) is 48.0 Å². The Morgan fingerprint density at radius 2 is 1.50 bits per heavy atom. The fourth-order valence-electron chi connectivity index (χ4n) is 9.56. The fourth-order valence-corrected chi connectivity index (χ4v) is 12.9. The van der Waals surface area contributed by atoms with Crippen LogP contribution in [0.2, 0.25) is 5.02 Å². The van der Waals surface area contributed by atoms with E-state index in [2.05, 4.69) is 62.2 Å². The normalized spacial score (nSPS) is 19.1. The zero-order valence-electron chi connectivity index (χ0n) is 39.1. The van der Waals surface area contributed by atoms with Gasteiger partial charge in [0.25, 0.3) is 10.0 Å². The summed E-state index contributed by atoms with van der Waals surface area (Å²) in [4.78, 5) is 6.31. The van der Waals surface area contributed by atoms with Crippen LogP contribution in [-0.2, 0) is 19.9 Å². The molecule has 68 heavy (non-hydrogen) atoms. The van der Waals surface area contributed by atoms with Gasteiger partial charge in [0.2, 0.25) is 0 Å². The first-order valence-electron chi connectivity index (χ1n) is 23.3. The molecule has 4 aromatic carbocycles. The van der Waals surface area contributed by atoms with E-state index in [0.29, 0.717) is 49.1 Å². The molecule has 2 fully saturated rings. The van der Waals surface area contributed by atoms with Crippen molar-refractivity contribution in [3.05, 3.63) is 143 Å². The Hall–Kier alpha value is -4.61. The van der Waals surface area contributed by atoms with E-state index in [1.54, 1.807) is 36.0 Å². The third-order valence-electron chi connectivity index (χ3n) is 13.3. The second-order valence-corrected chi connectivity index (χ2v) is 24.0. The molecule has 0 spiro atoms. The first-order valence-corrected chi connectivity index (χ1v) is 28.1. The zero-order chi connectivity index (χ0) is 48.2. The van der Waals surface area contributed by atoms with Crippen molar-refractivity contribution in [2.24, 2.45) is 0 Å². The molecule has 0 radical (unpaired) electrons. The molecule has 2 saturated heterocycles. The highest BCUT2D eigenvalue weighted by Crippen LogP contribution is 2.40. The highest BCUT2D eigenvalue weighted by molar-refractivity contribution is 7.99. The summed E-state index contributed by atoms with van der Waals surface area (Å²) in [6.45, 7) is 11.4. The van der Waals surface area contributed by atoms with Crippen LogP contribution < -0.4 is 19.8 Å². The van der Waals surface area contributed by atoms with Gasteiger partial charge in [-0.05, 0) is 143 Å². The Morgan fingerprint density at radius 1 is 0.838 bits per heavy atom. The number of allylic oxidation sites excluding steroid dienone is 1. The van der Waals surface area contributed by atoms with Crippen LogP contribution in [0.3, 0.4) is 0 Å². The molecule has 16 heteroatoms. The quantitative estimate of drug-likeness (QED) is 0.0776. The van der Waals surface area contributed by atoms with Gasteiger partial charge >= 0.3 is 0 Å². The average molecular weight is 1000 g/mol. The van der Waals surface area contributed by atoms with Crippen molar-refractivity contribution in [1.29, 1.82) is 0 Å². The molecule has 3 heterocycles. The molecule has 5 aromatic rings. The van der Waals surface area contributed by atoms with Crippen LogP contribution in [0.5, 0.6) is 0 Å². The number of likely N-dealkylation sites (tertiary alicyclic amines) is 1. The molecule has 3 N–H and O–H groups in total. The number of piperazine rings is 1. The summed E-state index contributed by atoms with van der Waals surface area (Å²) in [6, 6.07) is 32.3. The maximum Gasteiger partial charge on any atom is 0.261 e. The molecule has 1 aliphatic carbocycles. The third kappa shape index (κ3) is 11.7. The Bertz CT molecular complexity index is 2830. The van der Waals surface area contributed by atoms with Gasteiger partial charge in [0, 0.05) is 108 Å². The monoisotopic (exact) mass is 1000 g/mol. The van der Waals surface area contributed by atoms with Gasteiger partial charge in [-0.25, -0.2) is 21.2 Å². The molecule has 2 aliphatic heterocycles. The SMILES string of the molecule is Cc1cc(-c2cc(F)cc(N3CCN(c4ccc(NS(=O)(=O)C5=CC[C@@](NC(CCN6CCC(O)CC6)CSc6ccccc6)(S(C)(=O)=O)C=C5)cc4)CC3)c2)c(-c2ccc(Cl)cc2)n1C(C)C. The number of nitrogens with one attached hydrogen (secondary N) is 2. The average Bonchev–Trinajstić information content (AvgIpc) is 3.68. The number of hydrogen-bond acceptors (Lipinski definition) is 10. The summed E-state index contributed by atoms with van der Waals surface area (Å²) >= 11 is 7.90. The van der Waals surface area contributed by atoms with Crippen LogP contribution in [0.25, 0.3) is 22.4 Å². The lowest BCUT2D eigenvalue weighted by molar-refractivity contribution is 0.0808. The lowest BCUT2D eigenvalue weighted by Crippen LogP contribution is -2.56. The predicted molar refractivity (Wildman–Crippen MR) is 279 cm³/mol. The summed E-state index contributed by atoms with van der Waals surface area (Å²) in [7, 11) is -7.80. The first kappa shape index (κ1) is 49.8. The Balaban J connectivity index is 0.905. The van der Waals surface area contributed by atoms with Crippen LogP contribution in [0, 0.1) is 12.7 Å². The van der Waals surface area contributed by atoms with Gasteiger partial charge in [0.05, 0.1) is 16.7 Å². The molecular weight excluding hydrogens is 939 g/mol. The summed E-state index contributed by atoms with van der Waals surface area (Å²) in [5.41, 5.74) is 7.03. The van der Waals surface area contributed by atoms with Crippen molar-refractivity contribution in [3.8, 4) is 22.4 Å². The Morgan fingerprint density at radius 3 is 2.12 bits per heavy atom. The molecule has 1 unspecified atom stereocenters. The van der Waals surface area contributed by atoms with Crippen molar-refractivity contribution in [3.63, 3.8) is 0 Å². The fraction of sp³-hybridized carbons (Fsp3) is 0.385. The van der Waals surface area contributed by atoms with Crippen LogP contribution >= 0.6 is 23.4 Å². The van der Waals surface area contributed by atoms with Crippen LogP contribution in [-0.4, -0.2) is 106 Å². The number of rotatable bonds is 17. The molecule has 11 nitrogen and oxygen atoms in total. The zero-order valence-corrected chi connectivity index (χ0v) is 42.3. The molecule has 3 aliphatic rings. The Labute approximate surface area is 411 Å². The summed E-state index contributed by atoms with van der Waals surface area (Å²) in [5.74, 6) is 0.313. The number of thioether (sulfide) groups is 1. The number of benzene rings is 4. The van der Waals surface area contributed by atoms with Gasteiger partial charge < -0.3 is 24.4 Å². The molecule has 362 valence electrons. The maximum atomic E-state index is 15.5. The van der Waals surface area contributed by atoms with Gasteiger partial charge in [-0.2, -0.15) is 0 Å². The number of aryl methyl sites for hydroxylation is 1. The second kappa shape index (κ2) is 21.2. The summed E-state index contributed by atoms with van der Waals surface area (Å²) in [6.07, 6.45) is 7.33. The number of anilines is 3. The predicted octanol–water partition coefficient (Wildman–Crippen LogP) is 9.75. The van der Waals surface area contributed by atoms with Gasteiger partial charge in [-0.3, -0.25) is 10.0 Å². The topological polar surface area (TPSA) is 127 Å². The highest BCUT2D eigenvalue weighted by Gasteiger charge is 2.42. The standard InChI is InChI=1S/C52H62ClFN6O5S3/c1-37(2)60-38(3)32-50(51(60)39-10-12-41(53)13-11-39)40-33-42(54)35-46(34-40)59-30-28-58(29-31-59)45-16-14-43(15-17-45)56-68(64,65)49-18-23-52(24-19-49,67(4,62)63)55-44(36-66-48-8-6-5-7-9-48)20-25-57-26-21-47(61)22-27-57/h5-19,23,32-35,37,44,47,55-56,61H,20-22,24-31,36H2,1-4H3/t44?,52-/m0/s1. The number of sulfone groups is 1. The second-order valence-electron chi connectivity index (χ2n) is 18.5. The van der Waals surface area contributed by atoms with Crippen molar-refractivity contribution in [2.45, 2.75) is 74.4 Å². The van der Waals surface area contributed by atoms with Gasteiger partial charge in [0.1, 0.15) is 10.7 Å². The lowest BCUT2D eigenvalue weighted by atomic mass is 10.00. The van der Waals surface area contributed by atoms with E-state index in [1.807, 2.05) is 66.7 Å². The largest absolute Gasteiger partial charge is 0.393 e. The number of nitrogens with zero attached hydrogens (tertiary/aromatic N) is 4. The number of aliphatic hydroxyl groups excluding tert-OH is 1. The van der Waals surface area contributed by atoms with E-state index >= 15 is 4.39 Å². The number of piperidine rings is 1. The highest BCUT2D eigenvalue weighted by atomic mass is 35.5. The summed E-state index contributed by atoms with van der Waals surface area (Å²) < 4.78 is 75.1. The number of aromatic nitrogens is 1. The van der Waals surface area contributed by atoms with Crippen LogP contribution in [0.1, 0.15) is 51.3 Å². The van der Waals surface area contributed by atoms with E-state index in [0.717, 1.165) is 76.8 Å². The smallest absolute Gasteiger partial charge is 0.261 e. The van der Waals surface area contributed by atoms with E-state index in [-0.39, 0.29) is 35.3 Å². The van der Waals surface area contributed by atoms with E-state index in [9.17, 15) is 21.9 Å². The Kier molecular flexibility index (Phi) is 15.5. The number of aliphatic hydroxyl groups is 1. The third-order valence-corrected chi connectivity index (χ3v) is 17.9. The molecule has 0 bridgehead atoms. The minimum atomic E-state index is -4.05. The number of sulfonamides is 1. The molecule has 1 aromatic heterocycles. The summed E-state index contributed by atoms with van der Waals surface area (Å²) in [5, 5.41) is 14.1. The van der Waals surface area contributed by atoms with Gasteiger partial charge in [-0.15, -0.1) is 11.8 Å². The minimum Gasteiger partial charge on any atom is -0.393 e. The van der Waals surface area contributed by atoms with Crippen molar-refractivity contribution < 1.29 is 26.3 Å². The van der Waals surface area contributed by atoms with Crippen molar-refractivity contribution in [2.75, 3.05) is 72.3 Å². The lowest BCUT2D eigenvalue weighted by Gasteiger charge is -2.37. The van der Waals surface area contributed by atoms with Crippen molar-refractivity contribution >= 4 is 60.3 Å². The number of hydrogen-bond donors (Lipinski definition) is 3. The molecule has 0 amide bonds. The molecule has 8 rings (SSSR count). The molecule has 2 atom stereocenters. The van der Waals surface area contributed by atoms with Crippen LogP contribution in [0.4, 0.5) is 21.5 Å². The van der Waals surface area contributed by atoms with Crippen molar-refractivity contribution in [1.82, 2.24) is 14.8 Å². The minimum absolute atomic E-state index is 0.00445. The maximum absolute atomic E-state index is 15.5. The molecular formula is C52H62ClFN6O5S3. The van der Waals surface area contributed by atoms with Crippen LogP contribution in [0.15, 0.2) is 131 Å². The van der Waals surface area contributed by atoms with E-state index in [4.69, 9.17) is 11.6 Å². The number of halogens is 2. The van der Waals surface area contributed by atoms with Gasteiger partial charge in [0.15, 0.2) is 9.84 Å². The molecule has 0 saturated carbocycles. The van der Waals surface area contributed by atoms with E-state index in [1.165, 1.54) is 24.5 Å². The van der Waals surface area contributed by atoms with E-state index < -0.39 is 24.7 Å². The first-order chi connectivity index (χ1) is 32.5.